The Morgan fingerprint density at radius 2 is 2.12 bits per heavy atom. The second-order valence-electron chi connectivity index (χ2n) is 6.45. The highest BCUT2D eigenvalue weighted by Crippen LogP contribution is 2.31. The lowest BCUT2D eigenvalue weighted by atomic mass is 9.99. The summed E-state index contributed by atoms with van der Waals surface area (Å²) in [4.78, 5) is 14.8. The van der Waals surface area contributed by atoms with E-state index < -0.39 is 0 Å². The third kappa shape index (κ3) is 3.53. The number of nitriles is 1. The number of hydrogen-bond donors (Lipinski definition) is 1. The topological polar surface area (TPSA) is 56.1 Å². The number of anilines is 1. The predicted molar refractivity (Wildman–Crippen MR) is 100.0 cm³/mol. The summed E-state index contributed by atoms with van der Waals surface area (Å²) >= 11 is 6.49. The lowest BCUT2D eigenvalue weighted by Gasteiger charge is -2.29. The number of hydrogen-bond acceptors (Lipinski definition) is 3. The first-order valence-corrected chi connectivity index (χ1v) is 8.75. The highest BCUT2D eigenvalue weighted by Gasteiger charge is 2.23. The second-order valence-corrected chi connectivity index (χ2v) is 6.86. The summed E-state index contributed by atoms with van der Waals surface area (Å²) in [5, 5.41) is 13.1. The molecule has 1 amide bonds. The lowest BCUT2D eigenvalue weighted by molar-refractivity contribution is 0.0980. The molecule has 0 aliphatic carbocycles. The van der Waals surface area contributed by atoms with E-state index in [-0.39, 0.29) is 11.9 Å². The molecule has 1 aliphatic heterocycles. The van der Waals surface area contributed by atoms with Gasteiger partial charge in [-0.3, -0.25) is 4.79 Å². The van der Waals surface area contributed by atoms with Crippen LogP contribution in [0.25, 0.3) is 0 Å². The van der Waals surface area contributed by atoms with Crippen LogP contribution in [0.15, 0.2) is 36.4 Å². The number of nitrogens with zero attached hydrogens (tertiary/aromatic N) is 2. The number of fused-ring (bicyclic) bond motifs is 1. The van der Waals surface area contributed by atoms with Crippen LogP contribution in [-0.4, -0.2) is 18.5 Å². The molecule has 0 aromatic heterocycles. The molecule has 25 heavy (non-hydrogen) atoms. The largest absolute Gasteiger partial charge is 0.312 e. The van der Waals surface area contributed by atoms with Crippen molar-refractivity contribution in [1.29, 1.82) is 5.26 Å². The fourth-order valence-corrected chi connectivity index (χ4v) is 3.53. The molecule has 3 rings (SSSR count). The Bertz CT molecular complexity index is 855. The summed E-state index contributed by atoms with van der Waals surface area (Å²) in [6.07, 6.45) is 0.897. The molecule has 0 fully saturated rings. The summed E-state index contributed by atoms with van der Waals surface area (Å²) < 4.78 is 0. The van der Waals surface area contributed by atoms with E-state index in [4.69, 9.17) is 16.9 Å². The molecule has 4 nitrogen and oxygen atoms in total. The molecule has 2 aromatic carbocycles. The monoisotopic (exact) mass is 353 g/mol. The van der Waals surface area contributed by atoms with Gasteiger partial charge in [0.15, 0.2) is 0 Å². The van der Waals surface area contributed by atoms with Crippen molar-refractivity contribution in [3.05, 3.63) is 63.7 Å². The smallest absolute Gasteiger partial charge is 0.258 e. The van der Waals surface area contributed by atoms with Crippen molar-refractivity contribution in [3.63, 3.8) is 0 Å². The van der Waals surface area contributed by atoms with Crippen molar-refractivity contribution < 1.29 is 4.79 Å². The standard InChI is InChI=1S/C20H20ClN3O/c1-13(2)24(20(25)15-5-3-4-14(8-15)11-22)17-9-16-12-23-7-6-18(16)19(21)10-17/h3-5,8-10,13,23H,6-7,12H2,1-2H3. The summed E-state index contributed by atoms with van der Waals surface area (Å²) in [7, 11) is 0. The minimum Gasteiger partial charge on any atom is -0.312 e. The third-order valence-corrected chi connectivity index (χ3v) is 4.73. The zero-order chi connectivity index (χ0) is 18.0. The summed E-state index contributed by atoms with van der Waals surface area (Å²) in [6, 6.07) is 12.7. The van der Waals surface area contributed by atoms with Gasteiger partial charge in [0.1, 0.15) is 0 Å². The molecule has 1 heterocycles. The Hall–Kier alpha value is -2.35. The molecule has 1 aliphatic rings. The molecule has 0 radical (unpaired) electrons. The predicted octanol–water partition coefficient (Wildman–Crippen LogP) is 3.91. The first kappa shape index (κ1) is 17.5. The van der Waals surface area contributed by atoms with Crippen LogP contribution in [0.1, 0.15) is 40.9 Å². The van der Waals surface area contributed by atoms with Gasteiger partial charge in [0, 0.05) is 28.9 Å². The molecular formula is C20H20ClN3O. The van der Waals surface area contributed by atoms with Gasteiger partial charge >= 0.3 is 0 Å². The van der Waals surface area contributed by atoms with Crippen LogP contribution in [0, 0.1) is 11.3 Å². The normalized spacial score (nSPS) is 13.2. The molecule has 1 N–H and O–H groups in total. The van der Waals surface area contributed by atoms with Crippen LogP contribution in [0.4, 0.5) is 5.69 Å². The number of carbonyl (C=O) groups is 1. The Morgan fingerprint density at radius 3 is 2.84 bits per heavy atom. The van der Waals surface area contributed by atoms with Gasteiger partial charge < -0.3 is 10.2 Å². The summed E-state index contributed by atoms with van der Waals surface area (Å²) in [5.41, 5.74) is 4.06. The first-order chi connectivity index (χ1) is 12.0. The fourth-order valence-electron chi connectivity index (χ4n) is 3.20. The molecule has 0 atom stereocenters. The minimum atomic E-state index is -0.133. The number of halogens is 1. The van der Waals surface area contributed by atoms with E-state index >= 15 is 0 Å². The average Bonchev–Trinajstić information content (AvgIpc) is 2.61. The average molecular weight is 354 g/mol. The van der Waals surface area contributed by atoms with E-state index in [1.807, 2.05) is 26.0 Å². The zero-order valence-corrected chi connectivity index (χ0v) is 15.1. The van der Waals surface area contributed by atoms with E-state index in [0.29, 0.717) is 16.1 Å². The second kappa shape index (κ2) is 7.26. The molecule has 2 aromatic rings. The number of benzene rings is 2. The Labute approximate surface area is 153 Å². The van der Waals surface area contributed by atoms with Gasteiger partial charge in [-0.25, -0.2) is 0 Å². The number of carbonyl (C=O) groups excluding carboxylic acids is 1. The summed E-state index contributed by atoms with van der Waals surface area (Å²) in [6.45, 7) is 5.61. The molecule has 0 saturated heterocycles. The van der Waals surface area contributed by atoms with E-state index in [0.717, 1.165) is 36.3 Å². The third-order valence-electron chi connectivity index (χ3n) is 4.39. The minimum absolute atomic E-state index is 0.0380. The Kier molecular flexibility index (Phi) is 5.08. The van der Waals surface area contributed by atoms with Crippen molar-refractivity contribution in [1.82, 2.24) is 5.32 Å². The van der Waals surface area contributed by atoms with E-state index in [1.165, 1.54) is 0 Å². The van der Waals surface area contributed by atoms with Gasteiger partial charge in [-0.1, -0.05) is 17.7 Å². The maximum Gasteiger partial charge on any atom is 0.258 e. The maximum absolute atomic E-state index is 13.1. The van der Waals surface area contributed by atoms with Gasteiger partial charge in [-0.2, -0.15) is 5.26 Å². The maximum atomic E-state index is 13.1. The van der Waals surface area contributed by atoms with Crippen LogP contribution >= 0.6 is 11.6 Å². The SMILES string of the molecule is CC(C)N(C(=O)c1cccc(C#N)c1)c1cc(Cl)c2c(c1)CNCC2. The van der Waals surface area contributed by atoms with Crippen molar-refractivity contribution in [3.8, 4) is 6.07 Å². The molecule has 0 unspecified atom stereocenters. The van der Waals surface area contributed by atoms with Crippen molar-refractivity contribution in [2.45, 2.75) is 32.9 Å². The molecule has 5 heteroatoms. The zero-order valence-electron chi connectivity index (χ0n) is 14.3. The van der Waals surface area contributed by atoms with Crippen LogP contribution in [0.3, 0.4) is 0 Å². The van der Waals surface area contributed by atoms with Crippen LogP contribution in [0.5, 0.6) is 0 Å². The summed E-state index contributed by atoms with van der Waals surface area (Å²) in [5.74, 6) is -0.133. The van der Waals surface area contributed by atoms with Crippen LogP contribution in [0.2, 0.25) is 5.02 Å². The molecular weight excluding hydrogens is 334 g/mol. The van der Waals surface area contributed by atoms with Gasteiger partial charge in [0.2, 0.25) is 0 Å². The lowest BCUT2D eigenvalue weighted by Crippen LogP contribution is -2.37. The van der Waals surface area contributed by atoms with Gasteiger partial charge in [0.05, 0.1) is 11.6 Å². The van der Waals surface area contributed by atoms with Gasteiger partial charge in [-0.15, -0.1) is 0 Å². The number of amides is 1. The highest BCUT2D eigenvalue weighted by atomic mass is 35.5. The van der Waals surface area contributed by atoms with Crippen molar-refractivity contribution >= 4 is 23.2 Å². The van der Waals surface area contributed by atoms with Crippen molar-refractivity contribution in [2.24, 2.45) is 0 Å². The van der Waals surface area contributed by atoms with Crippen LogP contribution < -0.4 is 10.2 Å². The van der Waals surface area contributed by atoms with E-state index in [1.54, 1.807) is 29.2 Å². The molecule has 128 valence electrons. The Morgan fingerprint density at radius 1 is 1.32 bits per heavy atom. The van der Waals surface area contributed by atoms with Crippen molar-refractivity contribution in [2.75, 3.05) is 11.4 Å². The number of nitrogens with one attached hydrogen (secondary N) is 1. The fraction of sp³-hybridized carbons (Fsp3) is 0.300. The molecule has 0 saturated carbocycles. The highest BCUT2D eigenvalue weighted by molar-refractivity contribution is 6.32. The van der Waals surface area contributed by atoms with E-state index in [2.05, 4.69) is 11.4 Å². The number of rotatable bonds is 3. The van der Waals surface area contributed by atoms with Gasteiger partial charge in [0.25, 0.3) is 5.91 Å². The quantitative estimate of drug-likeness (QED) is 0.910. The Balaban J connectivity index is 2.03. The van der Waals surface area contributed by atoms with Gasteiger partial charge in [-0.05, 0) is 68.3 Å². The molecule has 0 bridgehead atoms. The first-order valence-electron chi connectivity index (χ1n) is 8.37. The molecule has 0 spiro atoms. The van der Waals surface area contributed by atoms with E-state index in [9.17, 15) is 4.79 Å². The van der Waals surface area contributed by atoms with Crippen LogP contribution in [-0.2, 0) is 13.0 Å².